The smallest absolute Gasteiger partial charge is 0.431 e. The third-order valence-corrected chi connectivity index (χ3v) is 3.69. The summed E-state index contributed by atoms with van der Waals surface area (Å²) in [6.07, 6.45) is -0.675. The Morgan fingerprint density at radius 2 is 2.04 bits per heavy atom. The minimum Gasteiger partial charge on any atom is -0.431 e. The van der Waals surface area contributed by atoms with E-state index < -0.39 is 18.2 Å². The van der Waals surface area contributed by atoms with Crippen LogP contribution in [0.3, 0.4) is 0 Å². The number of epoxide rings is 1. The standard InChI is InChI=1S/C17H17NO7/c1-9(2)23-17(21)25-13-6-4-3-5-11(13)16(20)18(22)10-7-12(19)15-14(8-10)24-15/h3-7,9,14-15,22H,8H2,1-2H3. The van der Waals surface area contributed by atoms with Crippen LogP contribution >= 0.6 is 0 Å². The van der Waals surface area contributed by atoms with Crippen molar-refractivity contribution in [2.45, 2.75) is 38.6 Å². The van der Waals surface area contributed by atoms with Crippen LogP contribution in [0.4, 0.5) is 4.79 Å². The van der Waals surface area contributed by atoms with Crippen LogP contribution < -0.4 is 4.74 Å². The Hall–Kier alpha value is -2.71. The molecule has 0 saturated carbocycles. The maximum Gasteiger partial charge on any atom is 0.514 e. The maximum absolute atomic E-state index is 12.5. The first kappa shape index (κ1) is 17.1. The Kier molecular flexibility index (Phi) is 4.56. The first-order valence-corrected chi connectivity index (χ1v) is 7.77. The summed E-state index contributed by atoms with van der Waals surface area (Å²) in [5.41, 5.74) is 0.0891. The normalized spacial score (nSPS) is 21.3. The van der Waals surface area contributed by atoms with Crippen molar-refractivity contribution in [1.29, 1.82) is 0 Å². The molecule has 25 heavy (non-hydrogen) atoms. The van der Waals surface area contributed by atoms with Crippen molar-refractivity contribution in [3.05, 3.63) is 41.6 Å². The number of hydroxylamine groups is 2. The van der Waals surface area contributed by atoms with Gasteiger partial charge in [0, 0.05) is 12.5 Å². The number of fused-ring (bicyclic) bond motifs is 1. The van der Waals surface area contributed by atoms with Crippen LogP contribution in [0.25, 0.3) is 0 Å². The van der Waals surface area contributed by atoms with E-state index in [1.54, 1.807) is 26.0 Å². The predicted octanol–water partition coefficient (Wildman–Crippen LogP) is 2.07. The van der Waals surface area contributed by atoms with Crippen LogP contribution in [0, 0.1) is 0 Å². The maximum atomic E-state index is 12.5. The van der Waals surface area contributed by atoms with E-state index in [4.69, 9.17) is 14.2 Å². The van der Waals surface area contributed by atoms with Gasteiger partial charge in [-0.3, -0.25) is 14.8 Å². The molecule has 1 aliphatic carbocycles. The van der Waals surface area contributed by atoms with Gasteiger partial charge >= 0.3 is 6.16 Å². The van der Waals surface area contributed by atoms with Gasteiger partial charge in [-0.25, -0.2) is 4.79 Å². The Morgan fingerprint density at radius 3 is 2.72 bits per heavy atom. The van der Waals surface area contributed by atoms with Gasteiger partial charge in [0.1, 0.15) is 11.9 Å². The van der Waals surface area contributed by atoms with Crippen molar-refractivity contribution >= 4 is 17.8 Å². The molecule has 3 rings (SSSR count). The summed E-state index contributed by atoms with van der Waals surface area (Å²) < 4.78 is 15.0. The average Bonchev–Trinajstić information content (AvgIpc) is 3.33. The van der Waals surface area contributed by atoms with E-state index in [2.05, 4.69) is 0 Å². The molecule has 0 spiro atoms. The monoisotopic (exact) mass is 347 g/mol. The Labute approximate surface area is 143 Å². The van der Waals surface area contributed by atoms with Crippen LogP contribution in [0.2, 0.25) is 0 Å². The van der Waals surface area contributed by atoms with E-state index in [0.717, 1.165) is 0 Å². The van der Waals surface area contributed by atoms with E-state index in [1.807, 2.05) is 0 Å². The highest BCUT2D eigenvalue weighted by atomic mass is 16.7. The first-order valence-electron chi connectivity index (χ1n) is 7.77. The number of ether oxygens (including phenoxy) is 3. The van der Waals surface area contributed by atoms with Gasteiger partial charge in [-0.15, -0.1) is 0 Å². The van der Waals surface area contributed by atoms with E-state index in [1.165, 1.54) is 18.2 Å². The van der Waals surface area contributed by atoms with Crippen molar-refractivity contribution in [2.24, 2.45) is 0 Å². The number of hydrogen-bond acceptors (Lipinski definition) is 7. The molecule has 8 nitrogen and oxygen atoms in total. The Balaban J connectivity index is 1.78. The molecule has 1 aliphatic heterocycles. The molecule has 1 fully saturated rings. The lowest BCUT2D eigenvalue weighted by Crippen LogP contribution is -2.31. The number of rotatable bonds is 4. The zero-order valence-electron chi connectivity index (χ0n) is 13.7. The van der Waals surface area contributed by atoms with E-state index in [0.29, 0.717) is 5.06 Å². The van der Waals surface area contributed by atoms with Gasteiger partial charge in [0.2, 0.25) is 0 Å². The van der Waals surface area contributed by atoms with Crippen LogP contribution in [0.1, 0.15) is 30.6 Å². The summed E-state index contributed by atoms with van der Waals surface area (Å²) in [4.78, 5) is 35.9. The highest BCUT2D eigenvalue weighted by molar-refractivity contribution is 6.01. The average molecular weight is 347 g/mol. The summed E-state index contributed by atoms with van der Waals surface area (Å²) in [7, 11) is 0. The largest absolute Gasteiger partial charge is 0.514 e. The third kappa shape index (κ3) is 3.70. The van der Waals surface area contributed by atoms with Gasteiger partial charge in [-0.2, -0.15) is 5.06 Å². The molecule has 0 bridgehead atoms. The third-order valence-electron chi connectivity index (χ3n) is 3.69. The quantitative estimate of drug-likeness (QED) is 0.292. The summed E-state index contributed by atoms with van der Waals surface area (Å²) in [5.74, 6) is -1.17. The second-order valence-electron chi connectivity index (χ2n) is 5.97. The molecule has 2 aliphatic rings. The molecule has 1 aromatic rings. The number of para-hydroxylation sites is 1. The predicted molar refractivity (Wildman–Crippen MR) is 83.0 cm³/mol. The van der Waals surface area contributed by atoms with Crippen LogP contribution in [-0.4, -0.2) is 46.4 Å². The molecular formula is C17H17NO7. The van der Waals surface area contributed by atoms with Gasteiger partial charge in [0.15, 0.2) is 5.78 Å². The number of ketones is 1. The number of benzene rings is 1. The first-order chi connectivity index (χ1) is 11.9. The molecule has 2 atom stereocenters. The van der Waals surface area contributed by atoms with Crippen molar-refractivity contribution < 1.29 is 33.8 Å². The molecule has 0 radical (unpaired) electrons. The lowest BCUT2D eigenvalue weighted by atomic mass is 10.0. The number of amides is 1. The van der Waals surface area contributed by atoms with Gasteiger partial charge < -0.3 is 14.2 Å². The van der Waals surface area contributed by atoms with E-state index >= 15 is 0 Å². The number of carbonyl (C=O) groups excluding carboxylic acids is 3. The van der Waals surface area contributed by atoms with E-state index in [-0.39, 0.29) is 41.4 Å². The second-order valence-corrected chi connectivity index (χ2v) is 5.97. The Morgan fingerprint density at radius 1 is 1.32 bits per heavy atom. The molecule has 132 valence electrons. The number of carbonyl (C=O) groups is 3. The minimum absolute atomic E-state index is 0.0436. The van der Waals surface area contributed by atoms with Crippen LogP contribution in [0.5, 0.6) is 5.75 Å². The summed E-state index contributed by atoms with van der Waals surface area (Å²) in [6.45, 7) is 3.32. The molecule has 0 aromatic heterocycles. The fraction of sp³-hybridized carbons (Fsp3) is 0.353. The molecule has 1 N–H and O–H groups in total. The van der Waals surface area contributed by atoms with Crippen molar-refractivity contribution in [3.8, 4) is 5.75 Å². The molecular weight excluding hydrogens is 330 g/mol. The molecule has 1 heterocycles. The SMILES string of the molecule is CC(C)OC(=O)Oc1ccccc1C(=O)N(O)C1=CC(=O)C2OC2C1. The Bertz CT molecular complexity index is 755. The molecule has 2 unspecified atom stereocenters. The second kappa shape index (κ2) is 6.66. The minimum atomic E-state index is -0.957. The topological polar surface area (TPSA) is 106 Å². The van der Waals surface area contributed by atoms with Crippen molar-refractivity contribution in [1.82, 2.24) is 5.06 Å². The lowest BCUT2D eigenvalue weighted by molar-refractivity contribution is -0.116. The van der Waals surface area contributed by atoms with Gasteiger partial charge in [0.05, 0.1) is 23.5 Å². The van der Waals surface area contributed by atoms with Gasteiger partial charge in [0.25, 0.3) is 5.91 Å². The fourth-order valence-electron chi connectivity index (χ4n) is 2.49. The van der Waals surface area contributed by atoms with Gasteiger partial charge in [-0.05, 0) is 26.0 Å². The van der Waals surface area contributed by atoms with Gasteiger partial charge in [-0.1, -0.05) is 12.1 Å². The summed E-state index contributed by atoms with van der Waals surface area (Å²) in [6, 6.07) is 5.93. The number of nitrogens with zero attached hydrogens (tertiary/aromatic N) is 1. The molecule has 8 heteroatoms. The van der Waals surface area contributed by atoms with Crippen LogP contribution in [0.15, 0.2) is 36.0 Å². The lowest BCUT2D eigenvalue weighted by Gasteiger charge is -2.20. The number of hydrogen-bond donors (Lipinski definition) is 1. The summed E-state index contributed by atoms with van der Waals surface area (Å²) >= 11 is 0. The fourth-order valence-corrected chi connectivity index (χ4v) is 2.49. The molecule has 1 aromatic carbocycles. The summed E-state index contributed by atoms with van der Waals surface area (Å²) in [5, 5.41) is 10.6. The highest BCUT2D eigenvalue weighted by Gasteiger charge is 2.48. The zero-order chi connectivity index (χ0) is 18.1. The zero-order valence-corrected chi connectivity index (χ0v) is 13.7. The molecule has 1 saturated heterocycles. The van der Waals surface area contributed by atoms with E-state index in [9.17, 15) is 19.6 Å². The molecule has 1 amide bonds. The van der Waals surface area contributed by atoms with Crippen molar-refractivity contribution in [2.75, 3.05) is 0 Å². The van der Waals surface area contributed by atoms with Crippen molar-refractivity contribution in [3.63, 3.8) is 0 Å². The highest BCUT2D eigenvalue weighted by Crippen LogP contribution is 2.35. The van der Waals surface area contributed by atoms with Crippen LogP contribution in [-0.2, 0) is 14.3 Å².